The molecule has 1 aliphatic heterocycles. The van der Waals surface area contributed by atoms with Crippen LogP contribution in [0.5, 0.6) is 5.75 Å². The number of amides is 1. The average molecular weight is 462 g/mol. The van der Waals surface area contributed by atoms with Crippen molar-refractivity contribution >= 4 is 33.4 Å². The van der Waals surface area contributed by atoms with Gasteiger partial charge in [-0.25, -0.2) is 0 Å². The molecule has 29 heavy (non-hydrogen) atoms. The molecule has 1 fully saturated rings. The molecule has 0 aliphatic carbocycles. The fourth-order valence-corrected chi connectivity index (χ4v) is 3.51. The van der Waals surface area contributed by atoms with Crippen molar-refractivity contribution < 1.29 is 29.6 Å². The lowest BCUT2D eigenvalue weighted by Gasteiger charge is -2.25. The SMILES string of the molecule is O=C1C(=O)N(CCOCCO)C(c2cccc(O)c2)C1=C(O)c1ccc(Br)cc1. The number of benzene rings is 2. The molecule has 152 valence electrons. The first-order valence-corrected chi connectivity index (χ1v) is 9.75. The standard InChI is InChI=1S/C21H20BrNO6/c22-15-6-4-13(5-7-15)19(26)17-18(14-2-1-3-16(25)12-14)23(21(28)20(17)27)8-10-29-11-9-24/h1-7,12,18,24-26H,8-11H2. The zero-order valence-electron chi connectivity index (χ0n) is 15.4. The van der Waals surface area contributed by atoms with Crippen LogP contribution in [0.1, 0.15) is 17.2 Å². The molecule has 3 N–H and O–H groups in total. The minimum atomic E-state index is -0.872. The van der Waals surface area contributed by atoms with Gasteiger partial charge in [0.05, 0.1) is 31.4 Å². The molecule has 1 amide bonds. The number of ether oxygens (including phenoxy) is 1. The van der Waals surface area contributed by atoms with Gasteiger partial charge in [0.2, 0.25) is 0 Å². The number of phenols is 1. The van der Waals surface area contributed by atoms with Crippen LogP contribution in [0.15, 0.2) is 58.6 Å². The largest absolute Gasteiger partial charge is 0.508 e. The van der Waals surface area contributed by atoms with E-state index in [1.165, 1.54) is 17.0 Å². The van der Waals surface area contributed by atoms with Crippen molar-refractivity contribution in [2.24, 2.45) is 0 Å². The summed E-state index contributed by atoms with van der Waals surface area (Å²) >= 11 is 3.32. The maximum absolute atomic E-state index is 12.8. The highest BCUT2D eigenvalue weighted by Gasteiger charge is 2.45. The van der Waals surface area contributed by atoms with E-state index in [0.717, 1.165) is 4.47 Å². The third-order valence-electron chi connectivity index (χ3n) is 4.56. The molecular weight excluding hydrogens is 442 g/mol. The zero-order valence-corrected chi connectivity index (χ0v) is 17.0. The Labute approximate surface area is 176 Å². The van der Waals surface area contributed by atoms with E-state index in [0.29, 0.717) is 11.1 Å². The van der Waals surface area contributed by atoms with Gasteiger partial charge in [-0.2, -0.15) is 0 Å². The number of ketones is 1. The van der Waals surface area contributed by atoms with E-state index < -0.39 is 17.7 Å². The van der Waals surface area contributed by atoms with Crippen LogP contribution in [0.4, 0.5) is 0 Å². The van der Waals surface area contributed by atoms with Gasteiger partial charge in [-0.3, -0.25) is 9.59 Å². The highest BCUT2D eigenvalue weighted by molar-refractivity contribution is 9.10. The van der Waals surface area contributed by atoms with Crippen molar-refractivity contribution in [3.8, 4) is 5.75 Å². The van der Waals surface area contributed by atoms with Gasteiger partial charge in [0.1, 0.15) is 11.5 Å². The Morgan fingerprint density at radius 2 is 1.83 bits per heavy atom. The fraction of sp³-hybridized carbons (Fsp3) is 0.238. The Morgan fingerprint density at radius 1 is 1.10 bits per heavy atom. The first-order valence-electron chi connectivity index (χ1n) is 8.96. The van der Waals surface area contributed by atoms with Crippen LogP contribution in [0.3, 0.4) is 0 Å². The molecule has 1 heterocycles. The number of aliphatic hydroxyl groups is 2. The van der Waals surface area contributed by atoms with Crippen LogP contribution >= 0.6 is 15.9 Å². The average Bonchev–Trinajstić information content (AvgIpc) is 2.96. The second kappa shape index (κ2) is 9.21. The van der Waals surface area contributed by atoms with E-state index in [-0.39, 0.29) is 43.4 Å². The van der Waals surface area contributed by atoms with Gasteiger partial charge in [-0.05, 0) is 29.8 Å². The maximum Gasteiger partial charge on any atom is 0.295 e. The lowest BCUT2D eigenvalue weighted by Crippen LogP contribution is -2.33. The van der Waals surface area contributed by atoms with Crippen molar-refractivity contribution in [1.29, 1.82) is 0 Å². The Morgan fingerprint density at radius 3 is 2.48 bits per heavy atom. The second-order valence-corrected chi connectivity index (χ2v) is 7.35. The van der Waals surface area contributed by atoms with E-state index in [4.69, 9.17) is 9.84 Å². The number of nitrogens with zero attached hydrogens (tertiary/aromatic N) is 1. The predicted octanol–water partition coefficient (Wildman–Crippen LogP) is 2.59. The van der Waals surface area contributed by atoms with E-state index in [2.05, 4.69) is 15.9 Å². The molecule has 7 nitrogen and oxygen atoms in total. The normalized spacial score (nSPS) is 18.4. The number of halogens is 1. The number of aliphatic hydroxyl groups excluding tert-OH is 2. The Bertz CT molecular complexity index is 940. The van der Waals surface area contributed by atoms with Gasteiger partial charge in [0.15, 0.2) is 0 Å². The molecule has 2 aromatic carbocycles. The smallest absolute Gasteiger partial charge is 0.295 e. The molecule has 1 saturated heterocycles. The van der Waals surface area contributed by atoms with Crippen molar-refractivity contribution in [3.63, 3.8) is 0 Å². The summed E-state index contributed by atoms with van der Waals surface area (Å²) in [4.78, 5) is 26.8. The summed E-state index contributed by atoms with van der Waals surface area (Å²) in [6.45, 7) is 0.154. The first kappa shape index (κ1) is 21.0. The Hall–Kier alpha value is -2.68. The van der Waals surface area contributed by atoms with Gasteiger partial charge in [-0.1, -0.05) is 40.2 Å². The predicted molar refractivity (Wildman–Crippen MR) is 109 cm³/mol. The van der Waals surface area contributed by atoms with Gasteiger partial charge in [-0.15, -0.1) is 0 Å². The number of likely N-dealkylation sites (tertiary alicyclic amines) is 1. The van der Waals surface area contributed by atoms with Crippen LogP contribution in [0.2, 0.25) is 0 Å². The molecule has 0 bridgehead atoms. The zero-order chi connectivity index (χ0) is 21.0. The van der Waals surface area contributed by atoms with E-state index in [1.807, 2.05) is 0 Å². The second-order valence-electron chi connectivity index (χ2n) is 6.43. The van der Waals surface area contributed by atoms with Crippen molar-refractivity contribution in [3.05, 3.63) is 69.7 Å². The number of Topliss-reactive ketones (excluding diaryl/α,β-unsaturated/α-hetero) is 1. The summed E-state index contributed by atoms with van der Waals surface area (Å²) in [6.07, 6.45) is 0. The van der Waals surface area contributed by atoms with E-state index in [1.54, 1.807) is 36.4 Å². The number of carbonyl (C=O) groups excluding carboxylic acids is 2. The molecular formula is C21H20BrNO6. The molecule has 1 unspecified atom stereocenters. The van der Waals surface area contributed by atoms with Crippen LogP contribution in [0.25, 0.3) is 5.76 Å². The summed E-state index contributed by atoms with van der Waals surface area (Å²) < 4.78 is 6.05. The van der Waals surface area contributed by atoms with Crippen molar-refractivity contribution in [2.75, 3.05) is 26.4 Å². The van der Waals surface area contributed by atoms with E-state index in [9.17, 15) is 19.8 Å². The van der Waals surface area contributed by atoms with Crippen LogP contribution in [-0.4, -0.2) is 58.3 Å². The number of hydrogen-bond donors (Lipinski definition) is 3. The van der Waals surface area contributed by atoms with Crippen molar-refractivity contribution in [2.45, 2.75) is 6.04 Å². The maximum atomic E-state index is 12.8. The number of phenolic OH excluding ortho intramolecular Hbond substituents is 1. The molecule has 3 rings (SSSR count). The lowest BCUT2D eigenvalue weighted by atomic mass is 9.95. The molecule has 1 aliphatic rings. The Kier molecular flexibility index (Phi) is 6.68. The lowest BCUT2D eigenvalue weighted by molar-refractivity contribution is -0.140. The molecule has 0 radical (unpaired) electrons. The van der Waals surface area contributed by atoms with Crippen LogP contribution < -0.4 is 0 Å². The minimum Gasteiger partial charge on any atom is -0.508 e. The molecule has 0 spiro atoms. The van der Waals surface area contributed by atoms with Gasteiger partial charge < -0.3 is 25.0 Å². The third-order valence-corrected chi connectivity index (χ3v) is 5.08. The molecule has 2 aromatic rings. The summed E-state index contributed by atoms with van der Waals surface area (Å²) in [5.74, 6) is -1.87. The van der Waals surface area contributed by atoms with Crippen molar-refractivity contribution in [1.82, 2.24) is 4.90 Å². The monoisotopic (exact) mass is 461 g/mol. The molecule has 0 aromatic heterocycles. The number of aromatic hydroxyl groups is 1. The molecule has 0 saturated carbocycles. The number of carbonyl (C=O) groups is 2. The first-order chi connectivity index (χ1) is 13.9. The summed E-state index contributed by atoms with van der Waals surface area (Å²) in [6, 6.07) is 12.0. The summed E-state index contributed by atoms with van der Waals surface area (Å²) in [5, 5.41) is 29.6. The molecule has 8 heteroatoms. The number of hydrogen-bond acceptors (Lipinski definition) is 6. The number of rotatable bonds is 7. The Balaban J connectivity index is 2.07. The summed E-state index contributed by atoms with van der Waals surface area (Å²) in [5.41, 5.74) is 0.836. The van der Waals surface area contributed by atoms with Crippen LogP contribution in [0, 0.1) is 0 Å². The summed E-state index contributed by atoms with van der Waals surface area (Å²) in [7, 11) is 0. The van der Waals surface area contributed by atoms with E-state index >= 15 is 0 Å². The van der Waals surface area contributed by atoms with Gasteiger partial charge >= 0.3 is 0 Å². The quantitative estimate of drug-likeness (QED) is 0.253. The highest BCUT2D eigenvalue weighted by Crippen LogP contribution is 2.40. The minimum absolute atomic E-state index is 0.0201. The molecule has 1 atom stereocenters. The highest BCUT2D eigenvalue weighted by atomic mass is 79.9. The van der Waals surface area contributed by atoms with Crippen LogP contribution in [-0.2, 0) is 14.3 Å². The fourth-order valence-electron chi connectivity index (χ4n) is 3.24. The third kappa shape index (κ3) is 4.50. The topological polar surface area (TPSA) is 107 Å². The van der Waals surface area contributed by atoms with Gasteiger partial charge in [0.25, 0.3) is 11.7 Å². The van der Waals surface area contributed by atoms with Gasteiger partial charge in [0, 0.05) is 16.6 Å².